The van der Waals surface area contributed by atoms with Crippen LogP contribution in [0.1, 0.15) is 28.6 Å². The highest BCUT2D eigenvalue weighted by Gasteiger charge is 2.20. The molecule has 1 N–H and O–H groups in total. The Hall–Kier alpha value is -3.70. The lowest BCUT2D eigenvalue weighted by Crippen LogP contribution is -2.33. The maximum Gasteiger partial charge on any atom is 0.238 e. The van der Waals surface area contributed by atoms with Gasteiger partial charge in [-0.25, -0.2) is 15.4 Å². The van der Waals surface area contributed by atoms with Gasteiger partial charge in [-0.05, 0) is 36.8 Å². The number of ether oxygens (including phenoxy) is 1. The first kappa shape index (κ1) is 17.7. The Labute approximate surface area is 162 Å². The molecule has 3 aromatic rings. The van der Waals surface area contributed by atoms with E-state index in [-0.39, 0.29) is 6.04 Å². The van der Waals surface area contributed by atoms with Crippen LogP contribution in [0.4, 0.5) is 0 Å². The van der Waals surface area contributed by atoms with Crippen molar-refractivity contribution in [3.63, 3.8) is 0 Å². The van der Waals surface area contributed by atoms with E-state index in [0.717, 1.165) is 16.9 Å². The topological polar surface area (TPSA) is 97.4 Å². The second-order valence-corrected chi connectivity index (χ2v) is 6.29. The van der Waals surface area contributed by atoms with Crippen LogP contribution in [0.25, 0.3) is 5.69 Å². The Morgan fingerprint density at radius 3 is 2.75 bits per heavy atom. The van der Waals surface area contributed by atoms with Gasteiger partial charge < -0.3 is 9.30 Å². The highest BCUT2D eigenvalue weighted by molar-refractivity contribution is 5.97. The van der Waals surface area contributed by atoms with Gasteiger partial charge in [0.1, 0.15) is 24.0 Å². The first-order valence-electron chi connectivity index (χ1n) is 8.70. The average molecular weight is 374 g/mol. The van der Waals surface area contributed by atoms with Gasteiger partial charge in [0, 0.05) is 6.20 Å². The summed E-state index contributed by atoms with van der Waals surface area (Å²) < 4.78 is 7.32. The molecule has 1 aliphatic heterocycles. The largest absolute Gasteiger partial charge is 0.479 e. The van der Waals surface area contributed by atoms with Crippen molar-refractivity contribution in [1.82, 2.24) is 20.0 Å². The van der Waals surface area contributed by atoms with Crippen molar-refractivity contribution in [3.05, 3.63) is 71.4 Å². The minimum Gasteiger partial charge on any atom is -0.479 e. The Morgan fingerprint density at radius 2 is 2.07 bits per heavy atom. The Kier molecular flexibility index (Phi) is 4.74. The second-order valence-electron chi connectivity index (χ2n) is 6.29. The number of nitriles is 1. The molecule has 0 saturated carbocycles. The number of methoxy groups -OCH3 is 1. The summed E-state index contributed by atoms with van der Waals surface area (Å²) in [6.45, 7) is 2.31. The van der Waals surface area contributed by atoms with Gasteiger partial charge in [0.05, 0.1) is 30.8 Å². The molecule has 0 spiro atoms. The zero-order chi connectivity index (χ0) is 19.5. The summed E-state index contributed by atoms with van der Waals surface area (Å²) in [6, 6.07) is 13.0. The summed E-state index contributed by atoms with van der Waals surface area (Å²) in [5.41, 5.74) is 6.71. The number of imidazole rings is 1. The molecule has 1 aromatic carbocycles. The highest BCUT2D eigenvalue weighted by atomic mass is 16.6. The normalized spacial score (nSPS) is 16.0. The maximum atomic E-state index is 8.95. The van der Waals surface area contributed by atoms with Gasteiger partial charge in [0.15, 0.2) is 5.84 Å². The summed E-state index contributed by atoms with van der Waals surface area (Å²) >= 11 is 0. The lowest BCUT2D eigenvalue weighted by molar-refractivity contribution is 0.0620. The van der Waals surface area contributed by atoms with Crippen LogP contribution in [0.15, 0.2) is 53.9 Å². The van der Waals surface area contributed by atoms with E-state index in [1.807, 2.05) is 42.0 Å². The van der Waals surface area contributed by atoms with Gasteiger partial charge in [0.25, 0.3) is 0 Å². The van der Waals surface area contributed by atoms with E-state index in [9.17, 15) is 0 Å². The van der Waals surface area contributed by atoms with Crippen molar-refractivity contribution in [3.8, 4) is 17.6 Å². The molecule has 1 aliphatic rings. The third-order valence-corrected chi connectivity index (χ3v) is 4.39. The summed E-state index contributed by atoms with van der Waals surface area (Å²) in [5, 5.41) is 8.95. The van der Waals surface area contributed by atoms with Gasteiger partial charge in [-0.15, -0.1) is 0 Å². The molecule has 0 aliphatic carbocycles. The van der Waals surface area contributed by atoms with E-state index in [0.29, 0.717) is 29.6 Å². The summed E-state index contributed by atoms with van der Waals surface area (Å²) in [4.78, 5) is 19.0. The van der Waals surface area contributed by atoms with Crippen LogP contribution in [0, 0.1) is 18.3 Å². The van der Waals surface area contributed by atoms with Crippen molar-refractivity contribution >= 4 is 5.84 Å². The number of hydroxylamine groups is 1. The van der Waals surface area contributed by atoms with Crippen LogP contribution in [-0.4, -0.2) is 34.1 Å². The maximum absolute atomic E-state index is 8.95. The van der Waals surface area contributed by atoms with Crippen molar-refractivity contribution in [2.75, 3.05) is 13.7 Å². The van der Waals surface area contributed by atoms with Crippen molar-refractivity contribution in [2.45, 2.75) is 13.0 Å². The minimum atomic E-state index is -0.187. The molecule has 4 rings (SSSR count). The quantitative estimate of drug-likeness (QED) is 0.753. The number of rotatable bonds is 4. The number of aryl methyl sites for hydroxylation is 1. The van der Waals surface area contributed by atoms with Gasteiger partial charge in [-0.2, -0.15) is 5.26 Å². The zero-order valence-corrected chi connectivity index (χ0v) is 15.5. The van der Waals surface area contributed by atoms with Crippen LogP contribution >= 0.6 is 0 Å². The molecule has 3 heterocycles. The number of pyridine rings is 1. The molecule has 1 atom stereocenters. The van der Waals surface area contributed by atoms with E-state index in [4.69, 9.17) is 19.8 Å². The molecule has 140 valence electrons. The van der Waals surface area contributed by atoms with Crippen LogP contribution < -0.4 is 10.2 Å². The second kappa shape index (κ2) is 7.50. The standard InChI is InChI=1S/C20H18N6O2/c1-13-10-26(12-22-13)18-8-7-16(24-20(18)27-2)19-23-17(11-28-25-19)15-5-3-14(9-21)4-6-15/h3-8,10,12,17H,11H2,1-2H3,(H,23,25). The number of amidine groups is 1. The molecule has 0 saturated heterocycles. The van der Waals surface area contributed by atoms with Gasteiger partial charge in [0.2, 0.25) is 5.88 Å². The lowest BCUT2D eigenvalue weighted by Gasteiger charge is -2.22. The number of hydrogen-bond acceptors (Lipinski definition) is 7. The molecule has 8 heteroatoms. The van der Waals surface area contributed by atoms with E-state index < -0.39 is 0 Å². The van der Waals surface area contributed by atoms with Gasteiger partial charge >= 0.3 is 0 Å². The van der Waals surface area contributed by atoms with Crippen LogP contribution in [0.2, 0.25) is 0 Å². The van der Waals surface area contributed by atoms with Crippen LogP contribution in [0.3, 0.4) is 0 Å². The minimum absolute atomic E-state index is 0.187. The molecule has 8 nitrogen and oxygen atoms in total. The highest BCUT2D eigenvalue weighted by Crippen LogP contribution is 2.24. The Balaban J connectivity index is 1.65. The number of aliphatic imine (C=N–C) groups is 1. The van der Waals surface area contributed by atoms with E-state index >= 15 is 0 Å². The molecular formula is C20H18N6O2. The summed E-state index contributed by atoms with van der Waals surface area (Å²) in [7, 11) is 1.57. The smallest absolute Gasteiger partial charge is 0.238 e. The lowest BCUT2D eigenvalue weighted by atomic mass is 10.1. The van der Waals surface area contributed by atoms with Crippen LogP contribution in [0.5, 0.6) is 5.88 Å². The zero-order valence-electron chi connectivity index (χ0n) is 15.5. The van der Waals surface area contributed by atoms with Crippen molar-refractivity contribution in [2.24, 2.45) is 4.99 Å². The Morgan fingerprint density at radius 1 is 1.25 bits per heavy atom. The van der Waals surface area contributed by atoms with E-state index in [2.05, 4.69) is 21.5 Å². The summed E-state index contributed by atoms with van der Waals surface area (Å²) in [6.07, 6.45) is 3.62. The molecular weight excluding hydrogens is 356 g/mol. The number of nitrogens with zero attached hydrogens (tertiary/aromatic N) is 5. The first-order valence-corrected chi connectivity index (χ1v) is 8.70. The van der Waals surface area contributed by atoms with Crippen molar-refractivity contribution in [1.29, 1.82) is 5.26 Å². The number of aromatic nitrogens is 3. The molecule has 0 radical (unpaired) electrons. The SMILES string of the molecule is COc1nc(C2=NC(c3ccc(C#N)cc3)CON2)ccc1-n1cnc(C)c1. The molecule has 0 amide bonds. The fourth-order valence-electron chi connectivity index (χ4n) is 2.94. The number of hydrogen-bond donors (Lipinski definition) is 1. The fraction of sp³-hybridized carbons (Fsp3) is 0.200. The van der Waals surface area contributed by atoms with E-state index in [1.165, 1.54) is 0 Å². The number of benzene rings is 1. The average Bonchev–Trinajstić information content (AvgIpc) is 3.19. The predicted octanol–water partition coefficient (Wildman–Crippen LogP) is 2.48. The van der Waals surface area contributed by atoms with Crippen LogP contribution in [-0.2, 0) is 4.84 Å². The molecule has 0 bridgehead atoms. The number of nitrogens with one attached hydrogen (secondary N) is 1. The third-order valence-electron chi connectivity index (χ3n) is 4.39. The third kappa shape index (κ3) is 3.43. The molecule has 1 unspecified atom stereocenters. The van der Waals surface area contributed by atoms with Gasteiger partial charge in [-0.1, -0.05) is 12.1 Å². The van der Waals surface area contributed by atoms with E-state index in [1.54, 1.807) is 25.6 Å². The monoisotopic (exact) mass is 374 g/mol. The molecule has 2 aromatic heterocycles. The summed E-state index contributed by atoms with van der Waals surface area (Å²) in [5.74, 6) is 0.979. The molecule has 0 fully saturated rings. The van der Waals surface area contributed by atoms with Crippen molar-refractivity contribution < 1.29 is 9.57 Å². The predicted molar refractivity (Wildman–Crippen MR) is 102 cm³/mol. The fourth-order valence-corrected chi connectivity index (χ4v) is 2.94. The van der Waals surface area contributed by atoms with Gasteiger partial charge in [-0.3, -0.25) is 9.83 Å². The first-order chi connectivity index (χ1) is 13.7. The molecule has 28 heavy (non-hydrogen) atoms. The Bertz CT molecular complexity index is 1070.